The largest absolute Gasteiger partial charge is 0.507 e. The molecule has 0 radical (unpaired) electrons. The van der Waals surface area contributed by atoms with E-state index in [1.54, 1.807) is 36.4 Å². The molecule has 9 heteroatoms. The number of rotatable bonds is 7. The number of thiophene rings is 1. The van der Waals surface area contributed by atoms with E-state index in [1.165, 1.54) is 44.7 Å². The molecular weight excluding hydrogens is 470 g/mol. The number of benzene rings is 2. The van der Waals surface area contributed by atoms with Crippen molar-refractivity contribution >= 4 is 34.5 Å². The molecule has 1 unspecified atom stereocenters. The number of ketones is 1. The molecule has 3 aromatic rings. The maximum absolute atomic E-state index is 13.4. The molecule has 1 aliphatic heterocycles. The highest BCUT2D eigenvalue weighted by Crippen LogP contribution is 2.47. The normalized spacial score (nSPS) is 16.9. The molecule has 1 amide bonds. The molecule has 0 aliphatic carbocycles. The third-order valence-electron chi connectivity index (χ3n) is 5.90. The standard InChI is InChI=1S/C26H25NO7S/c1-14-10-11-35-25(14)22-21(23(28)17-13-16(31-2)7-9-18(17)32-3)24(29)26(30)27(22)15-6-8-19(33-4)20(12-15)34-5/h6-13,22,28H,1-5H3/b23-21-. The van der Waals surface area contributed by atoms with Crippen LogP contribution < -0.4 is 23.8 Å². The number of hydrogen-bond acceptors (Lipinski definition) is 8. The summed E-state index contributed by atoms with van der Waals surface area (Å²) in [5.74, 6) is -0.230. The molecule has 1 aromatic heterocycles. The number of carbonyl (C=O) groups excluding carboxylic acids is 2. The van der Waals surface area contributed by atoms with Gasteiger partial charge in [-0.1, -0.05) is 0 Å². The summed E-state index contributed by atoms with van der Waals surface area (Å²) < 4.78 is 21.4. The van der Waals surface area contributed by atoms with Crippen LogP contribution in [0.2, 0.25) is 0 Å². The van der Waals surface area contributed by atoms with Gasteiger partial charge in [0.05, 0.1) is 39.6 Å². The van der Waals surface area contributed by atoms with Crippen LogP contribution in [0.5, 0.6) is 23.0 Å². The molecule has 1 saturated heterocycles. The average molecular weight is 496 g/mol. The van der Waals surface area contributed by atoms with Crippen LogP contribution in [0.3, 0.4) is 0 Å². The molecule has 1 fully saturated rings. The minimum absolute atomic E-state index is 0.0399. The van der Waals surface area contributed by atoms with E-state index in [2.05, 4.69) is 0 Å². The molecule has 2 aromatic carbocycles. The van der Waals surface area contributed by atoms with Crippen molar-refractivity contribution in [3.8, 4) is 23.0 Å². The lowest BCUT2D eigenvalue weighted by Crippen LogP contribution is -2.29. The van der Waals surface area contributed by atoms with Crippen molar-refractivity contribution in [1.29, 1.82) is 0 Å². The Morgan fingerprint density at radius 2 is 1.57 bits per heavy atom. The molecular formula is C26H25NO7S. The summed E-state index contributed by atoms with van der Waals surface area (Å²) in [6.45, 7) is 1.90. The highest BCUT2D eigenvalue weighted by molar-refractivity contribution is 7.10. The molecule has 2 heterocycles. The Kier molecular flexibility index (Phi) is 6.70. The highest BCUT2D eigenvalue weighted by atomic mass is 32.1. The number of carbonyl (C=O) groups is 2. The van der Waals surface area contributed by atoms with Gasteiger partial charge in [0.2, 0.25) is 0 Å². The van der Waals surface area contributed by atoms with Gasteiger partial charge in [0, 0.05) is 16.6 Å². The fourth-order valence-corrected chi connectivity index (χ4v) is 5.16. The van der Waals surface area contributed by atoms with Crippen molar-refractivity contribution in [2.45, 2.75) is 13.0 Å². The zero-order valence-electron chi connectivity index (χ0n) is 19.9. The van der Waals surface area contributed by atoms with Crippen molar-refractivity contribution in [1.82, 2.24) is 0 Å². The van der Waals surface area contributed by atoms with Crippen LogP contribution in [0.15, 0.2) is 53.4 Å². The van der Waals surface area contributed by atoms with Gasteiger partial charge in [-0.2, -0.15) is 0 Å². The van der Waals surface area contributed by atoms with Crippen LogP contribution in [0.4, 0.5) is 5.69 Å². The lowest BCUT2D eigenvalue weighted by Gasteiger charge is -2.25. The van der Waals surface area contributed by atoms with Gasteiger partial charge < -0.3 is 24.1 Å². The first-order valence-corrected chi connectivity index (χ1v) is 11.5. The second-order valence-electron chi connectivity index (χ2n) is 7.74. The minimum atomic E-state index is -0.857. The second kappa shape index (κ2) is 9.71. The van der Waals surface area contributed by atoms with E-state index in [0.29, 0.717) is 28.7 Å². The summed E-state index contributed by atoms with van der Waals surface area (Å²) in [5.41, 5.74) is 1.52. The van der Waals surface area contributed by atoms with E-state index in [9.17, 15) is 14.7 Å². The van der Waals surface area contributed by atoms with Gasteiger partial charge in [0.15, 0.2) is 11.5 Å². The van der Waals surface area contributed by atoms with Gasteiger partial charge in [-0.3, -0.25) is 14.5 Å². The van der Waals surface area contributed by atoms with Crippen molar-refractivity contribution in [3.63, 3.8) is 0 Å². The van der Waals surface area contributed by atoms with Crippen molar-refractivity contribution in [2.75, 3.05) is 33.3 Å². The number of anilines is 1. The number of methoxy groups -OCH3 is 4. The summed E-state index contributed by atoms with van der Waals surface area (Å²) >= 11 is 1.40. The maximum atomic E-state index is 13.4. The predicted octanol–water partition coefficient (Wildman–Crippen LogP) is 4.72. The first-order valence-electron chi connectivity index (χ1n) is 10.7. The SMILES string of the molecule is COc1ccc(OC)c(/C(O)=C2/C(=O)C(=O)N(c3ccc(OC)c(OC)c3)C2c2sccc2C)c1. The molecule has 4 rings (SSSR count). The van der Waals surface area contributed by atoms with Gasteiger partial charge in [-0.05, 0) is 54.3 Å². The Morgan fingerprint density at radius 3 is 2.17 bits per heavy atom. The average Bonchev–Trinajstić information content (AvgIpc) is 3.42. The molecule has 0 saturated carbocycles. The Bertz CT molecular complexity index is 1330. The van der Waals surface area contributed by atoms with E-state index in [1.807, 2.05) is 18.4 Å². The zero-order valence-corrected chi connectivity index (χ0v) is 20.8. The van der Waals surface area contributed by atoms with Gasteiger partial charge >= 0.3 is 0 Å². The smallest absolute Gasteiger partial charge is 0.300 e. The zero-order chi connectivity index (χ0) is 25.3. The minimum Gasteiger partial charge on any atom is -0.507 e. The van der Waals surface area contributed by atoms with Crippen molar-refractivity contribution < 1.29 is 33.6 Å². The quantitative estimate of drug-likeness (QED) is 0.288. The van der Waals surface area contributed by atoms with Crippen LogP contribution in [-0.2, 0) is 9.59 Å². The Hall–Kier alpha value is -3.98. The summed E-state index contributed by atoms with van der Waals surface area (Å²) in [7, 11) is 5.96. The first kappa shape index (κ1) is 24.2. The first-order chi connectivity index (χ1) is 16.9. The highest BCUT2D eigenvalue weighted by Gasteiger charge is 2.48. The monoisotopic (exact) mass is 495 g/mol. The molecule has 1 N–H and O–H groups in total. The molecule has 1 aliphatic rings. The summed E-state index contributed by atoms with van der Waals surface area (Å²) in [6, 6.07) is 10.9. The van der Waals surface area contributed by atoms with Gasteiger partial charge in [-0.15, -0.1) is 11.3 Å². The molecule has 1 atom stereocenters. The van der Waals surface area contributed by atoms with Crippen LogP contribution in [-0.4, -0.2) is 45.2 Å². The van der Waals surface area contributed by atoms with Gasteiger partial charge in [-0.25, -0.2) is 0 Å². The third-order valence-corrected chi connectivity index (χ3v) is 6.97. The molecule has 8 nitrogen and oxygen atoms in total. The number of aliphatic hydroxyl groups is 1. The van der Waals surface area contributed by atoms with Crippen LogP contribution in [0, 0.1) is 6.92 Å². The predicted molar refractivity (Wildman–Crippen MR) is 133 cm³/mol. The molecule has 182 valence electrons. The van der Waals surface area contributed by atoms with Crippen LogP contribution >= 0.6 is 11.3 Å². The Morgan fingerprint density at radius 1 is 0.886 bits per heavy atom. The molecule has 0 bridgehead atoms. The van der Waals surface area contributed by atoms with E-state index in [4.69, 9.17) is 18.9 Å². The summed E-state index contributed by atoms with van der Waals surface area (Å²) in [6.07, 6.45) is 0. The van der Waals surface area contributed by atoms with E-state index < -0.39 is 17.7 Å². The lowest BCUT2D eigenvalue weighted by atomic mass is 9.97. The van der Waals surface area contributed by atoms with E-state index in [-0.39, 0.29) is 16.9 Å². The van der Waals surface area contributed by atoms with Crippen LogP contribution in [0.1, 0.15) is 22.0 Å². The number of aliphatic hydroxyl groups excluding tert-OH is 1. The number of hydrogen-bond donors (Lipinski definition) is 1. The summed E-state index contributed by atoms with van der Waals surface area (Å²) in [5, 5.41) is 13.3. The molecule has 35 heavy (non-hydrogen) atoms. The fourth-order valence-electron chi connectivity index (χ4n) is 4.13. The number of aryl methyl sites for hydroxylation is 1. The number of nitrogens with zero attached hydrogens (tertiary/aromatic N) is 1. The van der Waals surface area contributed by atoms with E-state index >= 15 is 0 Å². The Labute approximate surface area is 206 Å². The topological polar surface area (TPSA) is 94.5 Å². The maximum Gasteiger partial charge on any atom is 0.300 e. The van der Waals surface area contributed by atoms with Gasteiger partial charge in [0.25, 0.3) is 11.7 Å². The van der Waals surface area contributed by atoms with Crippen molar-refractivity contribution in [2.24, 2.45) is 0 Å². The number of ether oxygens (including phenoxy) is 4. The van der Waals surface area contributed by atoms with Crippen molar-refractivity contribution in [3.05, 3.63) is 69.4 Å². The molecule has 0 spiro atoms. The van der Waals surface area contributed by atoms with Crippen LogP contribution in [0.25, 0.3) is 5.76 Å². The lowest BCUT2D eigenvalue weighted by molar-refractivity contribution is -0.132. The Balaban J connectivity index is 1.98. The summed E-state index contributed by atoms with van der Waals surface area (Å²) in [4.78, 5) is 29.0. The number of Topliss-reactive ketones (excluding diaryl/α,β-unsaturated/α-hetero) is 1. The third kappa shape index (κ3) is 4.08. The van der Waals surface area contributed by atoms with E-state index in [0.717, 1.165) is 10.4 Å². The fraction of sp³-hybridized carbons (Fsp3) is 0.231. The van der Waals surface area contributed by atoms with Gasteiger partial charge in [0.1, 0.15) is 23.3 Å². The number of amides is 1. The second-order valence-corrected chi connectivity index (χ2v) is 8.69.